The third-order valence-electron chi connectivity index (χ3n) is 4.75. The minimum atomic E-state index is -3.53. The fourth-order valence-electron chi connectivity index (χ4n) is 3.41. The van der Waals surface area contributed by atoms with Crippen LogP contribution < -0.4 is 4.72 Å². The third-order valence-corrected chi connectivity index (χ3v) is 6.27. The van der Waals surface area contributed by atoms with Gasteiger partial charge in [-0.3, -0.25) is 0 Å². The Labute approximate surface area is 155 Å². The van der Waals surface area contributed by atoms with E-state index in [-0.39, 0.29) is 12.5 Å². The number of hydrogen-bond donors (Lipinski definition) is 1. The minimum absolute atomic E-state index is 0.238. The summed E-state index contributed by atoms with van der Waals surface area (Å²) in [4.78, 5) is 4.25. The summed E-state index contributed by atoms with van der Waals surface area (Å²) in [5.74, 6) is 1.12. The van der Waals surface area contributed by atoms with Crippen molar-refractivity contribution in [2.24, 2.45) is 5.92 Å². The molecule has 0 radical (unpaired) electrons. The number of rotatable bonds is 7. The fourth-order valence-corrected chi connectivity index (χ4v) is 4.70. The molecule has 1 aromatic heterocycles. The third kappa shape index (κ3) is 4.32. The standard InChI is InChI=1S/C18H26N4O3S/c1-15-19-9-11-22(15)18-8-4-3-7-17(18)12-20-26(23,24)21-10-5-6-16(13-21)14-25-2/h3-4,7-9,11,16,20H,5-6,10,12-14H2,1-2H3. The van der Waals surface area contributed by atoms with Crippen molar-refractivity contribution in [2.45, 2.75) is 26.3 Å². The zero-order chi connectivity index (χ0) is 18.6. The molecular weight excluding hydrogens is 352 g/mol. The van der Waals surface area contributed by atoms with E-state index in [1.165, 1.54) is 4.31 Å². The van der Waals surface area contributed by atoms with Gasteiger partial charge >= 0.3 is 0 Å². The molecule has 0 spiro atoms. The van der Waals surface area contributed by atoms with Gasteiger partial charge in [-0.2, -0.15) is 17.4 Å². The molecule has 8 heteroatoms. The molecule has 1 saturated heterocycles. The van der Waals surface area contributed by atoms with Crippen molar-refractivity contribution < 1.29 is 13.2 Å². The molecule has 7 nitrogen and oxygen atoms in total. The van der Waals surface area contributed by atoms with Crippen LogP contribution in [0.1, 0.15) is 24.2 Å². The molecule has 2 aromatic rings. The molecule has 0 bridgehead atoms. The van der Waals surface area contributed by atoms with Crippen LogP contribution in [-0.2, 0) is 21.5 Å². The topological polar surface area (TPSA) is 76.5 Å². The van der Waals surface area contributed by atoms with E-state index >= 15 is 0 Å². The summed E-state index contributed by atoms with van der Waals surface area (Å²) in [6, 6.07) is 7.75. The van der Waals surface area contributed by atoms with Crippen molar-refractivity contribution in [1.82, 2.24) is 18.6 Å². The van der Waals surface area contributed by atoms with Crippen molar-refractivity contribution >= 4 is 10.2 Å². The number of ether oxygens (including phenoxy) is 1. The highest BCUT2D eigenvalue weighted by atomic mass is 32.2. The minimum Gasteiger partial charge on any atom is -0.384 e. The predicted octanol–water partition coefficient (Wildman–Crippen LogP) is 1.87. The maximum atomic E-state index is 12.7. The van der Waals surface area contributed by atoms with Gasteiger partial charge in [-0.15, -0.1) is 0 Å². The van der Waals surface area contributed by atoms with E-state index in [9.17, 15) is 8.42 Å². The van der Waals surface area contributed by atoms with Gasteiger partial charge in [0.2, 0.25) is 0 Å². The Bertz CT molecular complexity index is 832. The Morgan fingerprint density at radius 2 is 2.15 bits per heavy atom. The normalized spacial score (nSPS) is 18.9. The number of methoxy groups -OCH3 is 1. The SMILES string of the molecule is COCC1CCCN(S(=O)(=O)NCc2ccccc2-n2ccnc2C)C1. The molecule has 1 N–H and O–H groups in total. The summed E-state index contributed by atoms with van der Waals surface area (Å²) in [5, 5.41) is 0. The Morgan fingerprint density at radius 1 is 1.35 bits per heavy atom. The molecule has 0 amide bonds. The zero-order valence-electron chi connectivity index (χ0n) is 15.3. The summed E-state index contributed by atoms with van der Waals surface area (Å²) in [7, 11) is -1.87. The van der Waals surface area contributed by atoms with E-state index in [1.54, 1.807) is 13.3 Å². The molecule has 142 valence electrons. The molecule has 2 heterocycles. The van der Waals surface area contributed by atoms with Gasteiger partial charge in [0, 0.05) is 39.1 Å². The number of nitrogens with one attached hydrogen (secondary N) is 1. The number of hydrogen-bond acceptors (Lipinski definition) is 4. The molecule has 26 heavy (non-hydrogen) atoms. The Balaban J connectivity index is 1.72. The predicted molar refractivity (Wildman–Crippen MR) is 100 cm³/mol. The molecule has 1 aromatic carbocycles. The van der Waals surface area contributed by atoms with Crippen molar-refractivity contribution in [2.75, 3.05) is 26.8 Å². The van der Waals surface area contributed by atoms with Crippen molar-refractivity contribution in [3.05, 3.63) is 48.0 Å². The van der Waals surface area contributed by atoms with E-state index in [4.69, 9.17) is 4.74 Å². The number of piperidine rings is 1. The monoisotopic (exact) mass is 378 g/mol. The summed E-state index contributed by atoms with van der Waals surface area (Å²) < 4.78 is 36.9. The van der Waals surface area contributed by atoms with Crippen LogP contribution in [0.25, 0.3) is 5.69 Å². The molecule has 1 aliphatic rings. The van der Waals surface area contributed by atoms with Gasteiger partial charge in [-0.1, -0.05) is 18.2 Å². The van der Waals surface area contributed by atoms with Crippen LogP contribution >= 0.6 is 0 Å². The molecule has 3 rings (SSSR count). The van der Waals surface area contributed by atoms with Crippen LogP contribution in [0.5, 0.6) is 0 Å². The van der Waals surface area contributed by atoms with E-state index in [2.05, 4.69) is 9.71 Å². The van der Waals surface area contributed by atoms with Crippen LogP contribution in [-0.4, -0.2) is 49.1 Å². The van der Waals surface area contributed by atoms with Crippen LogP contribution in [0, 0.1) is 12.8 Å². The summed E-state index contributed by atoms with van der Waals surface area (Å²) in [5.41, 5.74) is 1.84. The Morgan fingerprint density at radius 3 is 2.88 bits per heavy atom. The first kappa shape index (κ1) is 19.0. The number of aromatic nitrogens is 2. The van der Waals surface area contributed by atoms with Crippen LogP contribution in [0.3, 0.4) is 0 Å². The van der Waals surface area contributed by atoms with E-state index in [1.807, 2.05) is 42.0 Å². The average molecular weight is 378 g/mol. The maximum absolute atomic E-state index is 12.7. The molecule has 1 fully saturated rings. The highest BCUT2D eigenvalue weighted by molar-refractivity contribution is 7.87. The number of nitrogens with zero attached hydrogens (tertiary/aromatic N) is 3. The van der Waals surface area contributed by atoms with Crippen LogP contribution in [0.15, 0.2) is 36.7 Å². The van der Waals surface area contributed by atoms with E-state index < -0.39 is 10.2 Å². The number of imidazole rings is 1. The Kier molecular flexibility index (Phi) is 6.08. The van der Waals surface area contributed by atoms with E-state index in [0.717, 1.165) is 29.9 Å². The van der Waals surface area contributed by atoms with Crippen molar-refractivity contribution in [3.63, 3.8) is 0 Å². The van der Waals surface area contributed by atoms with Crippen molar-refractivity contribution in [1.29, 1.82) is 0 Å². The Hall–Kier alpha value is -1.74. The molecule has 0 saturated carbocycles. The van der Waals surface area contributed by atoms with Gasteiger partial charge in [0.05, 0.1) is 12.3 Å². The van der Waals surface area contributed by atoms with Crippen LogP contribution in [0.4, 0.5) is 0 Å². The fraction of sp³-hybridized carbons (Fsp3) is 0.500. The first-order valence-corrected chi connectivity index (χ1v) is 10.3. The summed E-state index contributed by atoms with van der Waals surface area (Å²) >= 11 is 0. The smallest absolute Gasteiger partial charge is 0.279 e. The largest absolute Gasteiger partial charge is 0.384 e. The highest BCUT2D eigenvalue weighted by Gasteiger charge is 2.28. The molecule has 0 aliphatic carbocycles. The number of aryl methyl sites for hydroxylation is 1. The molecule has 1 unspecified atom stereocenters. The first-order chi connectivity index (χ1) is 12.5. The quantitative estimate of drug-likeness (QED) is 0.798. The summed E-state index contributed by atoms with van der Waals surface area (Å²) in [6.07, 6.45) is 5.48. The molecule has 1 aliphatic heterocycles. The highest BCUT2D eigenvalue weighted by Crippen LogP contribution is 2.20. The lowest BCUT2D eigenvalue weighted by atomic mass is 10.0. The maximum Gasteiger partial charge on any atom is 0.279 e. The van der Waals surface area contributed by atoms with Gasteiger partial charge < -0.3 is 9.30 Å². The first-order valence-electron chi connectivity index (χ1n) is 8.83. The second kappa shape index (κ2) is 8.30. The number of para-hydroxylation sites is 1. The van der Waals surface area contributed by atoms with Gasteiger partial charge in [-0.05, 0) is 37.3 Å². The lowest BCUT2D eigenvalue weighted by Crippen LogP contribution is -2.46. The summed E-state index contributed by atoms with van der Waals surface area (Å²) in [6.45, 7) is 3.81. The second-order valence-corrected chi connectivity index (χ2v) is 8.38. The zero-order valence-corrected chi connectivity index (χ0v) is 16.1. The van der Waals surface area contributed by atoms with Gasteiger partial charge in [0.15, 0.2) is 0 Å². The number of benzene rings is 1. The van der Waals surface area contributed by atoms with Gasteiger partial charge in [0.25, 0.3) is 10.2 Å². The van der Waals surface area contributed by atoms with Crippen molar-refractivity contribution in [3.8, 4) is 5.69 Å². The van der Waals surface area contributed by atoms with Gasteiger partial charge in [-0.25, -0.2) is 4.98 Å². The molecular formula is C18H26N4O3S. The lowest BCUT2D eigenvalue weighted by molar-refractivity contribution is 0.118. The average Bonchev–Trinajstić information content (AvgIpc) is 3.07. The van der Waals surface area contributed by atoms with E-state index in [0.29, 0.717) is 19.7 Å². The van der Waals surface area contributed by atoms with Crippen LogP contribution in [0.2, 0.25) is 0 Å². The van der Waals surface area contributed by atoms with Gasteiger partial charge in [0.1, 0.15) is 5.82 Å². The second-order valence-electron chi connectivity index (χ2n) is 6.62. The molecule has 1 atom stereocenters. The lowest BCUT2D eigenvalue weighted by Gasteiger charge is -2.31.